The standard InChI is InChI=1S/C16H26N4O4/c1-10(17)18-9-5-8-12-13(15(22)23)20(14(12)21)16(24)19-11-6-3-2-4-7-11/h11-13,18H,1-9,17H2,(H,19,24)(H,22,23). The molecule has 0 spiro atoms. The molecular formula is C16H26N4O4. The number of likely N-dealkylation sites (tertiary alicyclic amines) is 1. The highest BCUT2D eigenvalue weighted by molar-refractivity contribution is 6.07. The van der Waals surface area contributed by atoms with Crippen LogP contribution in [0, 0.1) is 5.92 Å². The zero-order valence-electron chi connectivity index (χ0n) is 13.8. The lowest BCUT2D eigenvalue weighted by molar-refractivity contribution is -0.166. The Kier molecular flexibility index (Phi) is 6.05. The van der Waals surface area contributed by atoms with Crippen molar-refractivity contribution in [2.45, 2.75) is 57.0 Å². The van der Waals surface area contributed by atoms with Crippen LogP contribution in [0.3, 0.4) is 0 Å². The van der Waals surface area contributed by atoms with E-state index in [-0.39, 0.29) is 6.04 Å². The number of amides is 3. The van der Waals surface area contributed by atoms with Gasteiger partial charge in [-0.05, 0) is 25.7 Å². The van der Waals surface area contributed by atoms with E-state index < -0.39 is 29.9 Å². The van der Waals surface area contributed by atoms with E-state index in [2.05, 4.69) is 17.2 Å². The summed E-state index contributed by atoms with van der Waals surface area (Å²) >= 11 is 0. The number of carboxylic acid groups (broad SMARTS) is 1. The number of carboxylic acids is 1. The van der Waals surface area contributed by atoms with Gasteiger partial charge < -0.3 is 21.5 Å². The zero-order chi connectivity index (χ0) is 17.7. The minimum Gasteiger partial charge on any atom is -0.480 e. The predicted molar refractivity (Wildman–Crippen MR) is 87.7 cm³/mol. The van der Waals surface area contributed by atoms with Crippen LogP contribution in [0.2, 0.25) is 0 Å². The molecule has 0 radical (unpaired) electrons. The molecule has 5 N–H and O–H groups in total. The first-order chi connectivity index (χ1) is 11.4. The molecule has 8 nitrogen and oxygen atoms in total. The fourth-order valence-corrected chi connectivity index (χ4v) is 3.40. The maximum absolute atomic E-state index is 12.3. The zero-order valence-corrected chi connectivity index (χ0v) is 13.8. The number of carbonyl (C=O) groups excluding carboxylic acids is 2. The number of aliphatic carboxylic acids is 1. The molecule has 1 aliphatic carbocycles. The number of nitrogens with two attached hydrogens (primary N) is 1. The Labute approximate surface area is 141 Å². The van der Waals surface area contributed by atoms with Gasteiger partial charge in [-0.2, -0.15) is 0 Å². The average molecular weight is 338 g/mol. The molecule has 24 heavy (non-hydrogen) atoms. The lowest BCUT2D eigenvalue weighted by Gasteiger charge is -2.43. The van der Waals surface area contributed by atoms with Crippen molar-refractivity contribution in [2.75, 3.05) is 6.54 Å². The van der Waals surface area contributed by atoms with Crippen molar-refractivity contribution >= 4 is 17.9 Å². The Morgan fingerprint density at radius 3 is 2.54 bits per heavy atom. The summed E-state index contributed by atoms with van der Waals surface area (Å²) in [5, 5.41) is 15.0. The van der Waals surface area contributed by atoms with E-state index in [4.69, 9.17) is 5.73 Å². The van der Waals surface area contributed by atoms with Gasteiger partial charge in [0.15, 0.2) is 6.04 Å². The van der Waals surface area contributed by atoms with Gasteiger partial charge in [-0.1, -0.05) is 25.8 Å². The first-order valence-corrected chi connectivity index (χ1v) is 8.46. The van der Waals surface area contributed by atoms with Crippen LogP contribution in [0.15, 0.2) is 12.4 Å². The average Bonchev–Trinajstić information content (AvgIpc) is 2.52. The fourth-order valence-electron chi connectivity index (χ4n) is 3.40. The first kappa shape index (κ1) is 18.1. The number of urea groups is 1. The van der Waals surface area contributed by atoms with E-state index in [9.17, 15) is 19.5 Å². The lowest BCUT2D eigenvalue weighted by Crippen LogP contribution is -2.68. The van der Waals surface area contributed by atoms with E-state index in [1.807, 2.05) is 0 Å². The number of β-lactam (4-membered cyclic amide) rings is 1. The minimum atomic E-state index is -1.14. The highest BCUT2D eigenvalue weighted by atomic mass is 16.4. The fraction of sp³-hybridized carbons (Fsp3) is 0.688. The van der Waals surface area contributed by atoms with Gasteiger partial charge in [-0.3, -0.25) is 4.79 Å². The highest BCUT2D eigenvalue weighted by Gasteiger charge is 2.54. The molecule has 1 aliphatic heterocycles. The normalized spacial score (nSPS) is 24.2. The third-order valence-corrected chi connectivity index (χ3v) is 4.66. The van der Waals surface area contributed by atoms with Gasteiger partial charge in [-0.25, -0.2) is 14.5 Å². The largest absolute Gasteiger partial charge is 0.480 e. The van der Waals surface area contributed by atoms with Crippen LogP contribution < -0.4 is 16.4 Å². The molecule has 1 saturated heterocycles. The summed E-state index contributed by atoms with van der Waals surface area (Å²) in [5.74, 6) is -1.89. The molecule has 0 aromatic rings. The molecule has 134 valence electrons. The topological polar surface area (TPSA) is 125 Å². The number of rotatable bonds is 7. The van der Waals surface area contributed by atoms with Gasteiger partial charge >= 0.3 is 12.0 Å². The van der Waals surface area contributed by atoms with Crippen LogP contribution in [-0.4, -0.2) is 46.5 Å². The third kappa shape index (κ3) is 4.18. The van der Waals surface area contributed by atoms with Gasteiger partial charge in [0, 0.05) is 12.6 Å². The van der Waals surface area contributed by atoms with Gasteiger partial charge in [0.1, 0.15) is 0 Å². The number of hydrogen-bond acceptors (Lipinski definition) is 5. The summed E-state index contributed by atoms with van der Waals surface area (Å²) in [6.45, 7) is 4.01. The van der Waals surface area contributed by atoms with Crippen LogP contribution in [0.25, 0.3) is 0 Å². The molecule has 3 amide bonds. The second-order valence-corrected chi connectivity index (χ2v) is 6.48. The molecule has 2 rings (SSSR count). The Hall–Kier alpha value is -2.25. The van der Waals surface area contributed by atoms with Crippen LogP contribution in [0.1, 0.15) is 44.9 Å². The number of nitrogens with zero attached hydrogens (tertiary/aromatic N) is 1. The van der Waals surface area contributed by atoms with Crippen molar-refractivity contribution in [3.05, 3.63) is 12.4 Å². The van der Waals surface area contributed by atoms with E-state index in [1.165, 1.54) is 0 Å². The quantitative estimate of drug-likeness (QED) is 0.401. The molecule has 2 fully saturated rings. The molecule has 0 bridgehead atoms. The lowest BCUT2D eigenvalue weighted by atomic mass is 9.83. The van der Waals surface area contributed by atoms with Crippen molar-refractivity contribution in [1.29, 1.82) is 0 Å². The second-order valence-electron chi connectivity index (χ2n) is 6.48. The molecular weight excluding hydrogens is 312 g/mol. The number of carbonyl (C=O) groups is 3. The molecule has 2 atom stereocenters. The van der Waals surface area contributed by atoms with Crippen molar-refractivity contribution in [1.82, 2.24) is 15.5 Å². The van der Waals surface area contributed by atoms with Crippen molar-refractivity contribution in [3.8, 4) is 0 Å². The smallest absolute Gasteiger partial charge is 0.327 e. The van der Waals surface area contributed by atoms with Gasteiger partial charge in [0.2, 0.25) is 5.91 Å². The molecule has 0 aromatic carbocycles. The number of hydrogen-bond donors (Lipinski definition) is 4. The summed E-state index contributed by atoms with van der Waals surface area (Å²) in [7, 11) is 0. The Morgan fingerprint density at radius 2 is 1.96 bits per heavy atom. The monoisotopic (exact) mass is 338 g/mol. The van der Waals surface area contributed by atoms with Gasteiger partial charge in [0.25, 0.3) is 0 Å². The highest BCUT2D eigenvalue weighted by Crippen LogP contribution is 2.31. The molecule has 0 aromatic heterocycles. The minimum absolute atomic E-state index is 0.0345. The van der Waals surface area contributed by atoms with E-state index >= 15 is 0 Å². The first-order valence-electron chi connectivity index (χ1n) is 8.46. The molecule has 1 saturated carbocycles. The Morgan fingerprint density at radius 1 is 1.29 bits per heavy atom. The number of imide groups is 1. The maximum atomic E-state index is 12.3. The van der Waals surface area contributed by atoms with Crippen molar-refractivity contribution in [2.24, 2.45) is 11.7 Å². The van der Waals surface area contributed by atoms with E-state index in [1.54, 1.807) is 0 Å². The maximum Gasteiger partial charge on any atom is 0.327 e. The second kappa shape index (κ2) is 8.03. The number of nitrogens with one attached hydrogen (secondary N) is 2. The van der Waals surface area contributed by atoms with Crippen LogP contribution >= 0.6 is 0 Å². The SMILES string of the molecule is C=C(N)NCCCC1C(=O)N(C(=O)NC2CCCCC2)C1C(=O)O. The van der Waals surface area contributed by atoms with Crippen LogP contribution in [-0.2, 0) is 9.59 Å². The summed E-state index contributed by atoms with van der Waals surface area (Å²) in [5.41, 5.74) is 5.38. The summed E-state index contributed by atoms with van der Waals surface area (Å²) in [6.07, 6.45) is 5.97. The molecule has 2 aliphatic rings. The molecule has 2 unspecified atom stereocenters. The van der Waals surface area contributed by atoms with Crippen LogP contribution in [0.4, 0.5) is 4.79 Å². The van der Waals surface area contributed by atoms with Crippen molar-refractivity contribution in [3.63, 3.8) is 0 Å². The van der Waals surface area contributed by atoms with Crippen LogP contribution in [0.5, 0.6) is 0 Å². The predicted octanol–water partition coefficient (Wildman–Crippen LogP) is 0.740. The third-order valence-electron chi connectivity index (χ3n) is 4.66. The van der Waals surface area contributed by atoms with E-state index in [0.29, 0.717) is 25.2 Å². The Balaban J connectivity index is 1.88. The summed E-state index contributed by atoms with van der Waals surface area (Å²) < 4.78 is 0. The molecule has 8 heteroatoms. The summed E-state index contributed by atoms with van der Waals surface area (Å²) in [4.78, 5) is 36.8. The van der Waals surface area contributed by atoms with Gasteiger partial charge in [0.05, 0.1) is 11.7 Å². The van der Waals surface area contributed by atoms with Crippen molar-refractivity contribution < 1.29 is 19.5 Å². The molecule has 1 heterocycles. The Bertz CT molecular complexity index is 516. The summed E-state index contributed by atoms with van der Waals surface area (Å²) in [6, 6.07) is -1.63. The van der Waals surface area contributed by atoms with Gasteiger partial charge in [-0.15, -0.1) is 0 Å². The van der Waals surface area contributed by atoms with E-state index in [0.717, 1.165) is 37.0 Å².